The van der Waals surface area contributed by atoms with E-state index in [0.29, 0.717) is 41.7 Å². The molecule has 2 aromatic carbocycles. The van der Waals surface area contributed by atoms with Gasteiger partial charge in [-0.05, 0) is 37.6 Å². The van der Waals surface area contributed by atoms with E-state index < -0.39 is 0 Å². The van der Waals surface area contributed by atoms with Crippen molar-refractivity contribution in [1.29, 1.82) is 0 Å². The van der Waals surface area contributed by atoms with Crippen LogP contribution in [0.3, 0.4) is 0 Å². The fourth-order valence-corrected chi connectivity index (χ4v) is 2.79. The van der Waals surface area contributed by atoms with E-state index in [4.69, 9.17) is 11.5 Å². The summed E-state index contributed by atoms with van der Waals surface area (Å²) in [6.07, 6.45) is 1.50. The molecule has 0 atom stereocenters. The number of carbonyl (C=O) groups excluding carboxylic acids is 2. The Bertz CT molecular complexity index is 717. The van der Waals surface area contributed by atoms with Crippen molar-refractivity contribution in [2.45, 2.75) is 12.8 Å². The summed E-state index contributed by atoms with van der Waals surface area (Å²) in [6, 6.07) is 8.79. The number of amides is 2. The highest BCUT2D eigenvalue weighted by atomic mass is 16.2. The Kier molecular flexibility index (Phi) is 3.35. The molecule has 108 valence electrons. The van der Waals surface area contributed by atoms with Crippen molar-refractivity contribution in [2.75, 3.05) is 18.8 Å². The van der Waals surface area contributed by atoms with Gasteiger partial charge in [0.1, 0.15) is 0 Å². The van der Waals surface area contributed by atoms with Gasteiger partial charge in [0, 0.05) is 34.1 Å². The summed E-state index contributed by atoms with van der Waals surface area (Å²) >= 11 is 0. The standard InChI is InChI=1S/C16H17N3O2/c17-8-1-2-9-19-15(20)11-5-3-4-10-13(18)7-6-12(14(10)11)16(19)21/h3-7H,1-2,8-9,17-18H2. The van der Waals surface area contributed by atoms with Crippen LogP contribution in [0.2, 0.25) is 0 Å². The van der Waals surface area contributed by atoms with Crippen LogP contribution in [0.4, 0.5) is 5.69 Å². The quantitative estimate of drug-likeness (QED) is 0.508. The van der Waals surface area contributed by atoms with Crippen molar-refractivity contribution in [3.05, 3.63) is 41.5 Å². The lowest BCUT2D eigenvalue weighted by molar-refractivity contribution is 0.0608. The number of hydrogen-bond acceptors (Lipinski definition) is 4. The van der Waals surface area contributed by atoms with Crippen LogP contribution < -0.4 is 11.5 Å². The third-order valence-corrected chi connectivity index (χ3v) is 3.86. The first-order valence-corrected chi connectivity index (χ1v) is 7.02. The largest absolute Gasteiger partial charge is 0.398 e. The number of imide groups is 1. The van der Waals surface area contributed by atoms with Gasteiger partial charge in [-0.3, -0.25) is 14.5 Å². The van der Waals surface area contributed by atoms with Gasteiger partial charge in [-0.1, -0.05) is 12.1 Å². The Labute approximate surface area is 122 Å². The van der Waals surface area contributed by atoms with Gasteiger partial charge in [0.25, 0.3) is 11.8 Å². The number of nitrogens with zero attached hydrogens (tertiary/aromatic N) is 1. The molecular formula is C16H17N3O2. The maximum absolute atomic E-state index is 12.6. The lowest BCUT2D eigenvalue weighted by atomic mass is 9.93. The van der Waals surface area contributed by atoms with E-state index >= 15 is 0 Å². The SMILES string of the molecule is NCCCCN1C(=O)c2cccc3c(N)ccc(c23)C1=O. The zero-order chi connectivity index (χ0) is 15.0. The molecule has 3 rings (SSSR count). The molecule has 0 aliphatic carbocycles. The maximum Gasteiger partial charge on any atom is 0.261 e. The molecule has 2 amide bonds. The molecule has 0 aromatic heterocycles. The Morgan fingerprint density at radius 1 is 0.952 bits per heavy atom. The fourth-order valence-electron chi connectivity index (χ4n) is 2.79. The zero-order valence-electron chi connectivity index (χ0n) is 11.6. The molecular weight excluding hydrogens is 266 g/mol. The van der Waals surface area contributed by atoms with Crippen LogP contribution in [0.1, 0.15) is 33.6 Å². The molecule has 0 unspecified atom stereocenters. The van der Waals surface area contributed by atoms with E-state index in [2.05, 4.69) is 0 Å². The predicted octanol–water partition coefficient (Wildman–Crippen LogP) is 1.76. The molecule has 1 heterocycles. The van der Waals surface area contributed by atoms with Gasteiger partial charge in [-0.2, -0.15) is 0 Å². The summed E-state index contributed by atoms with van der Waals surface area (Å²) < 4.78 is 0. The first-order valence-electron chi connectivity index (χ1n) is 7.02. The van der Waals surface area contributed by atoms with Crippen molar-refractivity contribution in [1.82, 2.24) is 4.90 Å². The molecule has 1 aliphatic rings. The normalized spacial score (nSPS) is 14.0. The minimum absolute atomic E-state index is 0.249. The molecule has 0 saturated heterocycles. The number of benzene rings is 2. The van der Waals surface area contributed by atoms with Gasteiger partial charge in [-0.15, -0.1) is 0 Å². The highest BCUT2D eigenvalue weighted by Crippen LogP contribution is 2.33. The Morgan fingerprint density at radius 2 is 1.67 bits per heavy atom. The van der Waals surface area contributed by atoms with Crippen molar-refractivity contribution < 1.29 is 9.59 Å². The van der Waals surface area contributed by atoms with Gasteiger partial charge < -0.3 is 11.5 Å². The van der Waals surface area contributed by atoms with Crippen molar-refractivity contribution in [3.63, 3.8) is 0 Å². The number of hydrogen-bond donors (Lipinski definition) is 2. The second kappa shape index (κ2) is 5.18. The van der Waals surface area contributed by atoms with Crippen LogP contribution in [-0.2, 0) is 0 Å². The first-order chi connectivity index (χ1) is 10.1. The molecule has 4 N–H and O–H groups in total. The third kappa shape index (κ3) is 2.06. The summed E-state index contributed by atoms with van der Waals surface area (Å²) in [5.74, 6) is -0.499. The smallest absolute Gasteiger partial charge is 0.261 e. The second-order valence-electron chi connectivity index (χ2n) is 5.19. The Balaban J connectivity index is 2.11. The Morgan fingerprint density at radius 3 is 2.38 bits per heavy atom. The molecule has 5 heteroatoms. The summed E-state index contributed by atoms with van der Waals surface area (Å²) in [5.41, 5.74) is 13.1. The van der Waals surface area contributed by atoms with Crippen LogP contribution in [0.25, 0.3) is 10.8 Å². The van der Waals surface area contributed by atoms with Crippen molar-refractivity contribution in [2.24, 2.45) is 5.73 Å². The van der Waals surface area contributed by atoms with Gasteiger partial charge >= 0.3 is 0 Å². The number of nitrogen functional groups attached to an aromatic ring is 1. The molecule has 2 aromatic rings. The third-order valence-electron chi connectivity index (χ3n) is 3.86. The van der Waals surface area contributed by atoms with Gasteiger partial charge in [0.15, 0.2) is 0 Å². The van der Waals surface area contributed by atoms with Crippen LogP contribution in [0, 0.1) is 0 Å². The summed E-state index contributed by atoms with van der Waals surface area (Å²) in [6.45, 7) is 0.952. The van der Waals surface area contributed by atoms with Crippen molar-refractivity contribution in [3.8, 4) is 0 Å². The van der Waals surface area contributed by atoms with E-state index in [1.807, 2.05) is 6.07 Å². The highest BCUT2D eigenvalue weighted by Gasteiger charge is 2.32. The predicted molar refractivity (Wildman–Crippen MR) is 82.0 cm³/mol. The molecule has 0 bridgehead atoms. The van der Waals surface area contributed by atoms with Gasteiger partial charge in [0.2, 0.25) is 0 Å². The molecule has 1 aliphatic heterocycles. The van der Waals surface area contributed by atoms with Gasteiger partial charge in [-0.25, -0.2) is 0 Å². The molecule has 0 fully saturated rings. The minimum Gasteiger partial charge on any atom is -0.398 e. The second-order valence-corrected chi connectivity index (χ2v) is 5.19. The highest BCUT2D eigenvalue weighted by molar-refractivity contribution is 6.26. The van der Waals surface area contributed by atoms with E-state index in [-0.39, 0.29) is 11.8 Å². The zero-order valence-corrected chi connectivity index (χ0v) is 11.6. The summed E-state index contributed by atoms with van der Waals surface area (Å²) in [7, 11) is 0. The fraction of sp³-hybridized carbons (Fsp3) is 0.250. The molecule has 0 spiro atoms. The van der Waals surface area contributed by atoms with Crippen LogP contribution in [-0.4, -0.2) is 29.8 Å². The minimum atomic E-state index is -0.249. The summed E-state index contributed by atoms with van der Waals surface area (Å²) in [4.78, 5) is 26.4. The first kappa shape index (κ1) is 13.6. The summed E-state index contributed by atoms with van der Waals surface area (Å²) in [5, 5.41) is 1.43. The molecule has 21 heavy (non-hydrogen) atoms. The van der Waals surface area contributed by atoms with Crippen LogP contribution in [0.15, 0.2) is 30.3 Å². The molecule has 0 radical (unpaired) electrons. The van der Waals surface area contributed by atoms with E-state index in [0.717, 1.165) is 11.8 Å². The van der Waals surface area contributed by atoms with Crippen LogP contribution >= 0.6 is 0 Å². The Hall–Kier alpha value is -2.40. The average molecular weight is 283 g/mol. The number of rotatable bonds is 4. The van der Waals surface area contributed by atoms with E-state index in [1.54, 1.807) is 24.3 Å². The number of unbranched alkanes of at least 4 members (excludes halogenated alkanes) is 1. The lowest BCUT2D eigenvalue weighted by Crippen LogP contribution is -2.41. The van der Waals surface area contributed by atoms with Gasteiger partial charge in [0.05, 0.1) is 0 Å². The topological polar surface area (TPSA) is 89.4 Å². The number of nitrogens with two attached hydrogens (primary N) is 2. The monoisotopic (exact) mass is 283 g/mol. The van der Waals surface area contributed by atoms with Crippen LogP contribution in [0.5, 0.6) is 0 Å². The molecule has 5 nitrogen and oxygen atoms in total. The van der Waals surface area contributed by atoms with Crippen molar-refractivity contribution >= 4 is 28.3 Å². The number of carbonyl (C=O) groups is 2. The van der Waals surface area contributed by atoms with E-state index in [9.17, 15) is 9.59 Å². The maximum atomic E-state index is 12.6. The average Bonchev–Trinajstić information content (AvgIpc) is 2.49. The molecule has 0 saturated carbocycles. The number of anilines is 1. The van der Waals surface area contributed by atoms with E-state index in [1.165, 1.54) is 4.90 Å². The lowest BCUT2D eigenvalue weighted by Gasteiger charge is -2.27.